The number of hydrogen-bond donors (Lipinski definition) is 1. The zero-order valence-corrected chi connectivity index (χ0v) is 12.4. The van der Waals surface area contributed by atoms with E-state index in [0.717, 1.165) is 5.92 Å². The third-order valence-electron chi connectivity index (χ3n) is 4.26. The molecule has 0 aliphatic heterocycles. The first-order valence-corrected chi connectivity index (χ1v) is 7.54. The van der Waals surface area contributed by atoms with E-state index in [4.69, 9.17) is 10.5 Å². The highest BCUT2D eigenvalue weighted by molar-refractivity contribution is 5.24. The third-order valence-corrected chi connectivity index (χ3v) is 4.26. The number of ether oxygens (including phenoxy) is 1. The fourth-order valence-electron chi connectivity index (χ4n) is 2.95. The minimum absolute atomic E-state index is 0.0298. The molecule has 1 aromatic carbocycles. The van der Waals surface area contributed by atoms with Crippen molar-refractivity contribution in [1.82, 2.24) is 0 Å². The number of hydrogen-bond acceptors (Lipinski definition) is 2. The Bertz CT molecular complexity index is 387. The van der Waals surface area contributed by atoms with E-state index in [1.807, 2.05) is 0 Å². The average Bonchev–Trinajstić information content (AvgIpc) is 2.39. The zero-order chi connectivity index (χ0) is 13.8. The van der Waals surface area contributed by atoms with Gasteiger partial charge in [-0.2, -0.15) is 0 Å². The lowest BCUT2D eigenvalue weighted by Crippen LogP contribution is -2.32. The molecule has 0 saturated heterocycles. The van der Waals surface area contributed by atoms with Gasteiger partial charge in [-0.15, -0.1) is 0 Å². The van der Waals surface area contributed by atoms with Crippen molar-refractivity contribution in [2.75, 3.05) is 0 Å². The fraction of sp³-hybridized carbons (Fsp3) is 0.647. The van der Waals surface area contributed by atoms with E-state index in [-0.39, 0.29) is 12.1 Å². The zero-order valence-electron chi connectivity index (χ0n) is 12.4. The predicted octanol–water partition coefficient (Wildman–Crippen LogP) is 3.98. The maximum atomic E-state index is 6.32. The number of rotatable bonds is 4. The van der Waals surface area contributed by atoms with Gasteiger partial charge in [0.1, 0.15) is 0 Å². The van der Waals surface area contributed by atoms with E-state index in [9.17, 15) is 0 Å². The van der Waals surface area contributed by atoms with Crippen molar-refractivity contribution < 1.29 is 4.74 Å². The lowest BCUT2D eigenvalue weighted by Gasteiger charge is -2.31. The summed E-state index contributed by atoms with van der Waals surface area (Å²) >= 11 is 0. The van der Waals surface area contributed by atoms with Crippen LogP contribution in [0.3, 0.4) is 0 Å². The van der Waals surface area contributed by atoms with E-state index in [0.29, 0.717) is 6.10 Å². The molecule has 0 bridgehead atoms. The summed E-state index contributed by atoms with van der Waals surface area (Å²) in [5, 5.41) is 0. The van der Waals surface area contributed by atoms with Crippen molar-refractivity contribution >= 4 is 0 Å². The van der Waals surface area contributed by atoms with E-state index in [1.165, 1.54) is 36.8 Å². The molecule has 0 heterocycles. The molecule has 4 atom stereocenters. The van der Waals surface area contributed by atoms with Gasteiger partial charge in [0.2, 0.25) is 0 Å². The van der Waals surface area contributed by atoms with Gasteiger partial charge in [-0.05, 0) is 38.2 Å². The Morgan fingerprint density at radius 3 is 2.53 bits per heavy atom. The van der Waals surface area contributed by atoms with Crippen LogP contribution in [-0.2, 0) is 4.74 Å². The normalized spacial score (nSPS) is 26.9. The van der Waals surface area contributed by atoms with Crippen molar-refractivity contribution in [1.29, 1.82) is 0 Å². The Kier molecular flexibility index (Phi) is 5.00. The summed E-state index contributed by atoms with van der Waals surface area (Å²) in [5.41, 5.74) is 8.75. The standard InChI is InChI=1S/C17H27NO/c1-12-7-9-15(10-8-12)17(18)14(3)19-16-6-4-5-13(2)11-16/h7-10,13-14,16-17H,4-6,11,18H2,1-3H3. The molecule has 0 spiro atoms. The third kappa shape index (κ3) is 4.05. The van der Waals surface area contributed by atoms with Gasteiger partial charge < -0.3 is 10.5 Å². The van der Waals surface area contributed by atoms with Crippen LogP contribution in [0.4, 0.5) is 0 Å². The summed E-state index contributed by atoms with van der Waals surface area (Å²) < 4.78 is 6.18. The van der Waals surface area contributed by atoms with Crippen LogP contribution >= 0.6 is 0 Å². The van der Waals surface area contributed by atoms with Crippen molar-refractivity contribution in [3.8, 4) is 0 Å². The molecule has 19 heavy (non-hydrogen) atoms. The summed E-state index contributed by atoms with van der Waals surface area (Å²) in [6.07, 6.45) is 5.49. The molecule has 1 aliphatic rings. The minimum Gasteiger partial charge on any atom is -0.373 e. The van der Waals surface area contributed by atoms with Crippen LogP contribution in [0.25, 0.3) is 0 Å². The van der Waals surface area contributed by atoms with Gasteiger partial charge in [0.15, 0.2) is 0 Å². The lowest BCUT2D eigenvalue weighted by atomic mass is 9.88. The van der Waals surface area contributed by atoms with Gasteiger partial charge in [0.25, 0.3) is 0 Å². The monoisotopic (exact) mass is 261 g/mol. The second-order valence-corrected chi connectivity index (χ2v) is 6.17. The minimum atomic E-state index is -0.0298. The van der Waals surface area contributed by atoms with E-state index >= 15 is 0 Å². The molecule has 1 fully saturated rings. The maximum Gasteiger partial charge on any atom is 0.0743 e. The van der Waals surface area contributed by atoms with Crippen molar-refractivity contribution in [2.45, 2.75) is 64.7 Å². The van der Waals surface area contributed by atoms with E-state index in [2.05, 4.69) is 45.0 Å². The molecule has 4 unspecified atom stereocenters. The molecular formula is C17H27NO. The quantitative estimate of drug-likeness (QED) is 0.889. The Morgan fingerprint density at radius 1 is 1.21 bits per heavy atom. The van der Waals surface area contributed by atoms with Crippen LogP contribution in [0.5, 0.6) is 0 Å². The van der Waals surface area contributed by atoms with Crippen molar-refractivity contribution in [3.63, 3.8) is 0 Å². The van der Waals surface area contributed by atoms with Gasteiger partial charge in [-0.25, -0.2) is 0 Å². The van der Waals surface area contributed by atoms with Gasteiger partial charge in [0, 0.05) is 0 Å². The maximum absolute atomic E-state index is 6.32. The van der Waals surface area contributed by atoms with Crippen molar-refractivity contribution in [2.24, 2.45) is 11.7 Å². The molecule has 0 aromatic heterocycles. The van der Waals surface area contributed by atoms with Gasteiger partial charge >= 0.3 is 0 Å². The summed E-state index contributed by atoms with van der Waals surface area (Å²) in [5.74, 6) is 0.793. The Labute approximate surface area is 117 Å². The van der Waals surface area contributed by atoms with Gasteiger partial charge in [-0.1, -0.05) is 49.6 Å². The summed E-state index contributed by atoms with van der Waals surface area (Å²) in [6.45, 7) is 6.52. The van der Waals surface area contributed by atoms with E-state index < -0.39 is 0 Å². The second kappa shape index (κ2) is 6.53. The Hall–Kier alpha value is -0.860. The first-order valence-electron chi connectivity index (χ1n) is 7.54. The molecular weight excluding hydrogens is 234 g/mol. The molecule has 1 aromatic rings. The Morgan fingerprint density at radius 2 is 1.89 bits per heavy atom. The number of nitrogens with two attached hydrogens (primary N) is 1. The predicted molar refractivity (Wildman–Crippen MR) is 80.1 cm³/mol. The number of benzene rings is 1. The number of aryl methyl sites for hydroxylation is 1. The second-order valence-electron chi connectivity index (χ2n) is 6.17. The summed E-state index contributed by atoms with van der Waals surface area (Å²) in [6, 6.07) is 8.43. The van der Waals surface area contributed by atoms with Crippen LogP contribution in [0, 0.1) is 12.8 Å². The highest BCUT2D eigenvalue weighted by Crippen LogP contribution is 2.28. The van der Waals surface area contributed by atoms with Crippen LogP contribution in [0.15, 0.2) is 24.3 Å². The SMILES string of the molecule is Cc1ccc(C(N)C(C)OC2CCCC(C)C2)cc1. The van der Waals surface area contributed by atoms with Gasteiger partial charge in [-0.3, -0.25) is 0 Å². The summed E-state index contributed by atoms with van der Waals surface area (Å²) in [7, 11) is 0. The van der Waals surface area contributed by atoms with Crippen LogP contribution in [0.1, 0.15) is 56.7 Å². The molecule has 1 saturated carbocycles. The van der Waals surface area contributed by atoms with Crippen LogP contribution in [-0.4, -0.2) is 12.2 Å². The topological polar surface area (TPSA) is 35.2 Å². The lowest BCUT2D eigenvalue weighted by molar-refractivity contribution is -0.0410. The highest BCUT2D eigenvalue weighted by atomic mass is 16.5. The molecule has 1 aliphatic carbocycles. The molecule has 0 radical (unpaired) electrons. The summed E-state index contributed by atoms with van der Waals surface area (Å²) in [4.78, 5) is 0. The molecule has 106 valence electrons. The molecule has 2 heteroatoms. The first-order chi connectivity index (χ1) is 9.06. The molecule has 2 rings (SSSR count). The van der Waals surface area contributed by atoms with Crippen LogP contribution in [0.2, 0.25) is 0 Å². The first kappa shape index (κ1) is 14.5. The molecule has 0 amide bonds. The van der Waals surface area contributed by atoms with E-state index in [1.54, 1.807) is 0 Å². The Balaban J connectivity index is 1.91. The molecule has 2 nitrogen and oxygen atoms in total. The van der Waals surface area contributed by atoms with Gasteiger partial charge in [0.05, 0.1) is 18.2 Å². The fourth-order valence-corrected chi connectivity index (χ4v) is 2.95. The average molecular weight is 261 g/mol. The molecule has 2 N–H and O–H groups in total. The highest BCUT2D eigenvalue weighted by Gasteiger charge is 2.24. The smallest absolute Gasteiger partial charge is 0.0743 e. The van der Waals surface area contributed by atoms with Crippen LogP contribution < -0.4 is 5.73 Å². The largest absolute Gasteiger partial charge is 0.373 e. The van der Waals surface area contributed by atoms with Crippen molar-refractivity contribution in [3.05, 3.63) is 35.4 Å².